The molecule has 0 saturated heterocycles. The minimum Gasteiger partial charge on any atom is -0.493 e. The summed E-state index contributed by atoms with van der Waals surface area (Å²) in [6.45, 7) is 13.1. The Labute approximate surface area is 328 Å². The van der Waals surface area contributed by atoms with E-state index in [9.17, 15) is 8.76 Å². The van der Waals surface area contributed by atoms with Crippen LogP contribution >= 0.6 is 8.34 Å². The van der Waals surface area contributed by atoms with E-state index >= 15 is 0 Å². The van der Waals surface area contributed by atoms with Crippen molar-refractivity contribution in [2.75, 3.05) is 119 Å². The first-order valence-corrected chi connectivity index (χ1v) is 21.0. The second-order valence-corrected chi connectivity index (χ2v) is 13.2. The van der Waals surface area contributed by atoms with Crippen molar-refractivity contribution in [2.24, 2.45) is 0 Å². The van der Waals surface area contributed by atoms with E-state index in [2.05, 4.69) is 40.8 Å². The fourth-order valence-electron chi connectivity index (χ4n) is 4.89. The lowest BCUT2D eigenvalue weighted by Gasteiger charge is -2.13. The van der Waals surface area contributed by atoms with Crippen LogP contribution in [-0.4, -0.2) is 134 Å². The molecule has 0 amide bonds. The summed E-state index contributed by atoms with van der Waals surface area (Å²) in [5.41, 5.74) is 1.80. The highest BCUT2D eigenvalue weighted by atomic mass is 31.2. The molecule has 15 nitrogen and oxygen atoms in total. The summed E-state index contributed by atoms with van der Waals surface area (Å²) in [7, 11) is -3.39. The van der Waals surface area contributed by atoms with Crippen molar-refractivity contribution in [2.45, 2.75) is 78.4 Å². The number of hydrogen-bond acceptors (Lipinski definition) is 14. The van der Waals surface area contributed by atoms with E-state index in [0.29, 0.717) is 119 Å². The van der Waals surface area contributed by atoms with E-state index in [4.69, 9.17) is 47.4 Å². The lowest BCUT2D eigenvalue weighted by molar-refractivity contribution is -0.0241. The van der Waals surface area contributed by atoms with Gasteiger partial charge in [-0.3, -0.25) is 4.57 Å². The van der Waals surface area contributed by atoms with Crippen LogP contribution in [0.15, 0.2) is 24.4 Å². The summed E-state index contributed by atoms with van der Waals surface area (Å²) >= 11 is 0. The van der Waals surface area contributed by atoms with Gasteiger partial charge in [0.1, 0.15) is 17.2 Å². The van der Waals surface area contributed by atoms with E-state index in [1.54, 1.807) is 4.68 Å². The molecule has 1 unspecified atom stereocenters. The quantitative estimate of drug-likeness (QED) is 0.0550. The maximum absolute atomic E-state index is 12.0. The smallest absolute Gasteiger partial charge is 0.356 e. The summed E-state index contributed by atoms with van der Waals surface area (Å²) in [4.78, 5) is 0. The number of benzene rings is 1. The Morgan fingerprint density at radius 2 is 0.964 bits per heavy atom. The maximum atomic E-state index is 12.0. The molecule has 0 bridgehead atoms. The molecule has 2 aromatic rings. The monoisotopic (exact) mass is 807 g/mol. The fourth-order valence-corrected chi connectivity index (χ4v) is 5.14. The Balaban J connectivity index is 1.43. The maximum Gasteiger partial charge on any atom is 0.356 e. The molecule has 0 aliphatic heterocycles. The molecule has 0 saturated carbocycles. The van der Waals surface area contributed by atoms with Crippen molar-refractivity contribution in [3.8, 4) is 11.5 Å². The van der Waals surface area contributed by atoms with Gasteiger partial charge in [-0.2, -0.15) is 4.20 Å². The fraction of sp³-hybridized carbons (Fsp3) is 0.789. The Hall–Kier alpha value is -2.24. The Kier molecular flexibility index (Phi) is 32.1. The number of nitrogens with zero attached hydrogens (tertiary/aromatic N) is 3. The van der Waals surface area contributed by atoms with Crippen molar-refractivity contribution in [1.29, 1.82) is 0 Å². The highest BCUT2D eigenvalue weighted by molar-refractivity contribution is 7.32. The third-order valence-electron chi connectivity index (χ3n) is 7.70. The van der Waals surface area contributed by atoms with E-state index in [1.165, 1.54) is 38.5 Å². The standard InChI is InChI=1S/C38H67FN3O12P/c1-3-5-7-9-11-52-37-29-35(30-38(31-37)53-12-10-8-6-4-2)32-42-33-36(40-41-42)34-51-26-25-49-22-21-47-18-17-45-14-13-44-15-16-46-19-20-48-23-24-50-27-28-54-55(39)43/h29-31,33,55H,3-28,32,34H2,1-2H3. The first-order valence-electron chi connectivity index (χ1n) is 19.8. The van der Waals surface area contributed by atoms with Crippen LogP contribution in [0.1, 0.15) is 76.5 Å². The van der Waals surface area contributed by atoms with Crippen LogP contribution in [0, 0.1) is 0 Å². The third kappa shape index (κ3) is 29.6. The van der Waals surface area contributed by atoms with Crippen molar-refractivity contribution in [1.82, 2.24) is 15.0 Å². The van der Waals surface area contributed by atoms with E-state index < -0.39 is 8.34 Å². The number of hydrogen-bond donors (Lipinski definition) is 0. The predicted molar refractivity (Wildman–Crippen MR) is 206 cm³/mol. The normalized spacial score (nSPS) is 12.1. The zero-order valence-electron chi connectivity index (χ0n) is 33.2. The average Bonchev–Trinajstić information content (AvgIpc) is 3.62. The van der Waals surface area contributed by atoms with Gasteiger partial charge in [0, 0.05) is 6.07 Å². The molecule has 0 radical (unpaired) electrons. The van der Waals surface area contributed by atoms with Gasteiger partial charge in [-0.1, -0.05) is 57.6 Å². The lowest BCUT2D eigenvalue weighted by Crippen LogP contribution is -2.15. The summed E-state index contributed by atoms with van der Waals surface area (Å²) in [5, 5.41) is 8.56. The van der Waals surface area contributed by atoms with E-state index in [0.717, 1.165) is 35.6 Å². The van der Waals surface area contributed by atoms with Gasteiger partial charge < -0.3 is 51.9 Å². The van der Waals surface area contributed by atoms with Gasteiger partial charge in [-0.25, -0.2) is 4.68 Å². The molecule has 0 aliphatic carbocycles. The zero-order chi connectivity index (χ0) is 39.3. The molecular weight excluding hydrogens is 740 g/mol. The molecule has 0 N–H and O–H groups in total. The second-order valence-electron chi connectivity index (χ2n) is 12.5. The van der Waals surface area contributed by atoms with Crippen molar-refractivity contribution in [3.63, 3.8) is 0 Å². The first-order chi connectivity index (χ1) is 27.1. The number of unbranched alkanes of at least 4 members (excludes halogenated alkanes) is 6. The largest absolute Gasteiger partial charge is 0.493 e. The number of rotatable bonds is 41. The summed E-state index contributed by atoms with van der Waals surface area (Å²) in [6.07, 6.45) is 11.2. The summed E-state index contributed by atoms with van der Waals surface area (Å²) in [6, 6.07) is 6.10. The first kappa shape index (κ1) is 48.9. The molecule has 2 rings (SSSR count). The summed E-state index contributed by atoms with van der Waals surface area (Å²) < 4.78 is 84.1. The molecular formula is C38H67FN3O12P. The molecule has 0 fully saturated rings. The van der Waals surface area contributed by atoms with Crippen LogP contribution in [-0.2, 0) is 60.1 Å². The van der Waals surface area contributed by atoms with Crippen molar-refractivity contribution in [3.05, 3.63) is 35.7 Å². The lowest BCUT2D eigenvalue weighted by atomic mass is 10.2. The zero-order valence-corrected chi connectivity index (χ0v) is 34.2. The minimum absolute atomic E-state index is 0.0375. The highest BCUT2D eigenvalue weighted by Crippen LogP contribution is 2.25. The molecule has 1 aromatic heterocycles. The number of ether oxygens (including phenoxy) is 10. The number of halogens is 1. The van der Waals surface area contributed by atoms with Gasteiger partial charge in [-0.05, 0) is 30.5 Å². The second kappa shape index (κ2) is 36.1. The number of aromatic nitrogens is 3. The van der Waals surface area contributed by atoms with Crippen LogP contribution in [0.5, 0.6) is 11.5 Å². The van der Waals surface area contributed by atoms with Gasteiger partial charge >= 0.3 is 8.34 Å². The molecule has 0 aliphatic rings. The minimum atomic E-state index is -3.39. The van der Waals surface area contributed by atoms with Crippen LogP contribution in [0.4, 0.5) is 4.20 Å². The van der Waals surface area contributed by atoms with E-state index in [-0.39, 0.29) is 13.2 Å². The molecule has 318 valence electrons. The predicted octanol–water partition coefficient (Wildman–Crippen LogP) is 6.25. The van der Waals surface area contributed by atoms with Gasteiger partial charge in [0.2, 0.25) is 0 Å². The molecule has 1 aromatic carbocycles. The van der Waals surface area contributed by atoms with Crippen molar-refractivity contribution < 1.29 is 60.7 Å². The van der Waals surface area contributed by atoms with Gasteiger partial charge in [0.25, 0.3) is 0 Å². The van der Waals surface area contributed by atoms with Crippen LogP contribution in [0.2, 0.25) is 0 Å². The Bertz CT molecular complexity index is 1150. The molecule has 1 atom stereocenters. The van der Waals surface area contributed by atoms with E-state index in [1.807, 2.05) is 12.3 Å². The molecule has 1 heterocycles. The topological polar surface area (TPSA) is 149 Å². The SMILES string of the molecule is CCCCCCOc1cc(Cn2cc(COCCOCCOCCOCCOCCOCCOCCOCCO[PH](=O)F)nn2)cc(OCCCCCC)c1. The van der Waals surface area contributed by atoms with Gasteiger partial charge in [-0.15, -0.1) is 5.10 Å². The van der Waals surface area contributed by atoms with Gasteiger partial charge in [0.15, 0.2) is 0 Å². The van der Waals surface area contributed by atoms with Gasteiger partial charge in [0.05, 0.1) is 138 Å². The Morgan fingerprint density at radius 3 is 1.38 bits per heavy atom. The van der Waals surface area contributed by atoms with Crippen LogP contribution in [0.25, 0.3) is 0 Å². The molecule has 0 spiro atoms. The van der Waals surface area contributed by atoms with Crippen LogP contribution in [0.3, 0.4) is 0 Å². The Morgan fingerprint density at radius 1 is 0.545 bits per heavy atom. The van der Waals surface area contributed by atoms with Crippen LogP contribution < -0.4 is 9.47 Å². The summed E-state index contributed by atoms with van der Waals surface area (Å²) in [5.74, 6) is 1.65. The third-order valence-corrected chi connectivity index (χ3v) is 8.13. The highest BCUT2D eigenvalue weighted by Gasteiger charge is 2.08. The molecule has 17 heteroatoms. The average molecular weight is 808 g/mol. The van der Waals surface area contributed by atoms with Crippen molar-refractivity contribution >= 4 is 8.34 Å². The molecule has 55 heavy (non-hydrogen) atoms.